The summed E-state index contributed by atoms with van der Waals surface area (Å²) >= 11 is 6.01. The summed E-state index contributed by atoms with van der Waals surface area (Å²) in [6, 6.07) is 16.3. The summed E-state index contributed by atoms with van der Waals surface area (Å²) in [7, 11) is -3.57. The van der Waals surface area contributed by atoms with E-state index < -0.39 is 10.0 Å². The van der Waals surface area contributed by atoms with Crippen LogP contribution in [0.25, 0.3) is 21.8 Å². The van der Waals surface area contributed by atoms with Crippen LogP contribution in [-0.2, 0) is 10.0 Å². The third kappa shape index (κ3) is 4.83. The molecule has 1 aromatic heterocycles. The van der Waals surface area contributed by atoms with Crippen LogP contribution in [0.5, 0.6) is 0 Å². The number of benzene rings is 3. The summed E-state index contributed by atoms with van der Waals surface area (Å²) in [5, 5.41) is 2.37. The number of fused-ring (bicyclic) bond motifs is 2. The Bertz CT molecular complexity index is 1490. The lowest BCUT2D eigenvalue weighted by molar-refractivity contribution is 0.255. The SMILES string of the molecule is O=c1[nH]c2cccc(N3CCN(CCCNS(=O)(=O)c4ccc5cc(Cl)ccc5c4)CC3)c2[nH]1. The summed E-state index contributed by atoms with van der Waals surface area (Å²) < 4.78 is 28.2. The standard InChI is InChI=1S/C24H26ClN5O3S/c25-19-7-5-18-16-20(8-6-17(18)15-19)34(32,33)26-9-2-10-29-11-13-30(14-12-29)22-4-1-3-21-23(22)28-24(31)27-21/h1,3-8,15-16,26H,2,9-14H2,(H2,27,28,31). The molecule has 1 saturated heterocycles. The van der Waals surface area contributed by atoms with E-state index in [0.717, 1.165) is 66.6 Å². The lowest BCUT2D eigenvalue weighted by atomic mass is 10.1. The van der Waals surface area contributed by atoms with Crippen LogP contribution in [0.3, 0.4) is 0 Å². The number of hydrogen-bond acceptors (Lipinski definition) is 5. The molecule has 0 unspecified atom stereocenters. The number of aromatic nitrogens is 2. The number of H-pyrrole nitrogens is 2. The van der Waals surface area contributed by atoms with Gasteiger partial charge in [-0.05, 0) is 60.1 Å². The van der Waals surface area contributed by atoms with Crippen LogP contribution in [0, 0.1) is 0 Å². The summed E-state index contributed by atoms with van der Waals surface area (Å²) in [6.45, 7) is 4.65. The van der Waals surface area contributed by atoms with Gasteiger partial charge in [0.2, 0.25) is 10.0 Å². The molecule has 0 atom stereocenters. The first kappa shape index (κ1) is 22.9. The van der Waals surface area contributed by atoms with Crippen molar-refractivity contribution in [1.29, 1.82) is 0 Å². The third-order valence-electron chi connectivity index (χ3n) is 6.27. The summed E-state index contributed by atoms with van der Waals surface area (Å²) in [4.78, 5) is 22.2. The van der Waals surface area contributed by atoms with E-state index in [0.29, 0.717) is 11.6 Å². The van der Waals surface area contributed by atoms with Gasteiger partial charge in [0, 0.05) is 37.7 Å². The highest BCUT2D eigenvalue weighted by Gasteiger charge is 2.20. The summed E-state index contributed by atoms with van der Waals surface area (Å²) in [6.07, 6.45) is 0.725. The average Bonchev–Trinajstić information content (AvgIpc) is 3.22. The van der Waals surface area contributed by atoms with Crippen LogP contribution < -0.4 is 15.3 Å². The molecule has 1 aliphatic heterocycles. The van der Waals surface area contributed by atoms with E-state index in [4.69, 9.17) is 11.6 Å². The molecule has 5 rings (SSSR count). The van der Waals surface area contributed by atoms with Gasteiger partial charge in [0.05, 0.1) is 21.6 Å². The number of nitrogens with zero attached hydrogens (tertiary/aromatic N) is 2. The zero-order valence-corrected chi connectivity index (χ0v) is 20.1. The van der Waals surface area contributed by atoms with Crippen LogP contribution in [0.4, 0.5) is 5.69 Å². The second-order valence-corrected chi connectivity index (χ2v) is 10.7. The molecule has 3 N–H and O–H groups in total. The van der Waals surface area contributed by atoms with E-state index in [9.17, 15) is 13.2 Å². The highest BCUT2D eigenvalue weighted by atomic mass is 35.5. The van der Waals surface area contributed by atoms with Crippen molar-refractivity contribution >= 4 is 49.1 Å². The van der Waals surface area contributed by atoms with Gasteiger partial charge in [0.25, 0.3) is 0 Å². The van der Waals surface area contributed by atoms with Crippen molar-refractivity contribution in [3.63, 3.8) is 0 Å². The number of sulfonamides is 1. The average molecular weight is 500 g/mol. The van der Waals surface area contributed by atoms with Crippen molar-refractivity contribution in [1.82, 2.24) is 19.6 Å². The van der Waals surface area contributed by atoms with Crippen molar-refractivity contribution < 1.29 is 8.42 Å². The Hall–Kier alpha value is -2.85. The molecule has 34 heavy (non-hydrogen) atoms. The number of aromatic amines is 2. The molecule has 1 aliphatic rings. The molecular formula is C24H26ClN5O3S. The first-order chi connectivity index (χ1) is 16.4. The lowest BCUT2D eigenvalue weighted by Gasteiger charge is -2.36. The van der Waals surface area contributed by atoms with Crippen molar-refractivity contribution in [3.05, 3.63) is 70.1 Å². The van der Waals surface area contributed by atoms with Gasteiger partial charge in [0.1, 0.15) is 0 Å². The molecule has 10 heteroatoms. The smallest absolute Gasteiger partial charge is 0.323 e. The van der Waals surface area contributed by atoms with E-state index in [1.807, 2.05) is 30.3 Å². The monoisotopic (exact) mass is 499 g/mol. The number of anilines is 1. The number of imidazole rings is 1. The van der Waals surface area contributed by atoms with E-state index in [-0.39, 0.29) is 10.6 Å². The topological polar surface area (TPSA) is 101 Å². The van der Waals surface area contributed by atoms with Gasteiger partial charge in [-0.2, -0.15) is 0 Å². The molecule has 0 spiro atoms. The highest BCUT2D eigenvalue weighted by Crippen LogP contribution is 2.25. The van der Waals surface area contributed by atoms with Gasteiger partial charge in [0.15, 0.2) is 0 Å². The minimum Gasteiger partial charge on any atom is -0.367 e. The van der Waals surface area contributed by atoms with Gasteiger partial charge in [-0.3, -0.25) is 4.90 Å². The minimum absolute atomic E-state index is 0.198. The molecule has 178 valence electrons. The van der Waals surface area contributed by atoms with Gasteiger partial charge in [-0.15, -0.1) is 0 Å². The van der Waals surface area contributed by atoms with Gasteiger partial charge in [-0.25, -0.2) is 17.9 Å². The Morgan fingerprint density at radius 1 is 0.941 bits per heavy atom. The summed E-state index contributed by atoms with van der Waals surface area (Å²) in [5.74, 6) is 0. The molecular weight excluding hydrogens is 474 g/mol. The maximum absolute atomic E-state index is 12.7. The fourth-order valence-electron chi connectivity index (χ4n) is 4.47. The second kappa shape index (κ2) is 9.42. The Labute approximate surface area is 202 Å². The van der Waals surface area contributed by atoms with Crippen LogP contribution in [0.1, 0.15) is 6.42 Å². The van der Waals surface area contributed by atoms with Crippen molar-refractivity contribution in [2.75, 3.05) is 44.2 Å². The van der Waals surface area contributed by atoms with Gasteiger partial charge < -0.3 is 14.9 Å². The quantitative estimate of drug-likeness (QED) is 0.339. The van der Waals surface area contributed by atoms with Crippen LogP contribution in [-0.4, -0.2) is 62.6 Å². The van der Waals surface area contributed by atoms with Crippen LogP contribution in [0.15, 0.2) is 64.3 Å². The largest absolute Gasteiger partial charge is 0.367 e. The highest BCUT2D eigenvalue weighted by molar-refractivity contribution is 7.89. The Morgan fingerprint density at radius 2 is 1.71 bits per heavy atom. The van der Waals surface area contributed by atoms with Crippen LogP contribution >= 0.6 is 11.6 Å². The number of piperazine rings is 1. The minimum atomic E-state index is -3.57. The lowest BCUT2D eigenvalue weighted by Crippen LogP contribution is -2.47. The van der Waals surface area contributed by atoms with Crippen molar-refractivity contribution in [2.24, 2.45) is 0 Å². The molecule has 0 bridgehead atoms. The number of halogens is 1. The molecule has 0 saturated carbocycles. The number of rotatable bonds is 7. The summed E-state index contributed by atoms with van der Waals surface area (Å²) in [5.41, 5.74) is 2.48. The zero-order chi connectivity index (χ0) is 23.7. The van der Waals surface area contributed by atoms with Crippen molar-refractivity contribution in [3.8, 4) is 0 Å². The molecule has 4 aromatic rings. The van der Waals surface area contributed by atoms with Gasteiger partial charge >= 0.3 is 5.69 Å². The molecule has 1 fully saturated rings. The van der Waals surface area contributed by atoms with Gasteiger partial charge in [-0.1, -0.05) is 29.8 Å². The number of nitrogens with one attached hydrogen (secondary N) is 3. The molecule has 0 amide bonds. The molecule has 2 heterocycles. The predicted molar refractivity (Wildman–Crippen MR) is 136 cm³/mol. The Kier molecular flexibility index (Phi) is 6.35. The Morgan fingerprint density at radius 3 is 2.53 bits per heavy atom. The number of hydrogen-bond donors (Lipinski definition) is 3. The normalized spacial score (nSPS) is 15.4. The first-order valence-electron chi connectivity index (χ1n) is 11.3. The first-order valence-corrected chi connectivity index (χ1v) is 13.1. The fourth-order valence-corrected chi connectivity index (χ4v) is 5.76. The molecule has 8 nitrogen and oxygen atoms in total. The van der Waals surface area contributed by atoms with E-state index in [2.05, 4.69) is 24.5 Å². The van der Waals surface area contributed by atoms with E-state index >= 15 is 0 Å². The molecule has 3 aromatic carbocycles. The fraction of sp³-hybridized carbons (Fsp3) is 0.292. The van der Waals surface area contributed by atoms with Crippen molar-refractivity contribution in [2.45, 2.75) is 11.3 Å². The predicted octanol–water partition coefficient (Wildman–Crippen LogP) is 3.15. The zero-order valence-electron chi connectivity index (χ0n) is 18.6. The maximum atomic E-state index is 12.7. The van der Waals surface area contributed by atoms with E-state index in [1.54, 1.807) is 24.3 Å². The van der Waals surface area contributed by atoms with E-state index in [1.165, 1.54) is 0 Å². The maximum Gasteiger partial charge on any atom is 0.323 e. The second-order valence-electron chi connectivity index (χ2n) is 8.51. The molecule has 0 radical (unpaired) electrons. The van der Waals surface area contributed by atoms with Crippen LogP contribution in [0.2, 0.25) is 5.02 Å². The molecule has 0 aliphatic carbocycles. The number of para-hydroxylation sites is 1. The third-order valence-corrected chi connectivity index (χ3v) is 7.96. The Balaban J connectivity index is 1.12.